The summed E-state index contributed by atoms with van der Waals surface area (Å²) >= 11 is 0. The molecule has 1 aromatic carbocycles. The fraction of sp³-hybridized carbons (Fsp3) is 0.467. The molecule has 2 aliphatic heterocycles. The highest BCUT2D eigenvalue weighted by Gasteiger charge is 2.29. The Morgan fingerprint density at radius 2 is 2.09 bits per heavy atom. The molecule has 0 saturated carbocycles. The number of carboxylic acid groups (broad SMARTS) is 1. The molecular weight excluding hydrogens is 290 g/mol. The summed E-state index contributed by atoms with van der Waals surface area (Å²) in [4.78, 5) is 25.0. The van der Waals surface area contributed by atoms with E-state index in [1.807, 2.05) is 6.07 Å². The first-order valence-corrected chi connectivity index (χ1v) is 7.11. The fourth-order valence-corrected chi connectivity index (χ4v) is 2.68. The Morgan fingerprint density at radius 3 is 2.91 bits per heavy atom. The van der Waals surface area contributed by atoms with E-state index in [9.17, 15) is 9.59 Å². The third-order valence-electron chi connectivity index (χ3n) is 3.75. The summed E-state index contributed by atoms with van der Waals surface area (Å²) in [5.74, 6) is 0.269. The molecule has 1 atom stereocenters. The number of aliphatic carboxylic acids is 1. The SMILES string of the molecule is O=C(O)C[C@H]1COCCN1C(=O)Cc1ccc2c(c1)OCO2. The molecule has 3 rings (SSSR count). The van der Waals surface area contributed by atoms with Crippen molar-refractivity contribution in [3.8, 4) is 11.5 Å². The number of ether oxygens (including phenoxy) is 3. The monoisotopic (exact) mass is 307 g/mol. The van der Waals surface area contributed by atoms with Gasteiger partial charge in [-0.15, -0.1) is 0 Å². The highest BCUT2D eigenvalue weighted by atomic mass is 16.7. The van der Waals surface area contributed by atoms with Gasteiger partial charge in [-0.2, -0.15) is 0 Å². The zero-order chi connectivity index (χ0) is 15.5. The number of morpholine rings is 1. The van der Waals surface area contributed by atoms with Gasteiger partial charge in [0.2, 0.25) is 12.7 Å². The first-order valence-electron chi connectivity index (χ1n) is 7.11. The number of carboxylic acids is 1. The summed E-state index contributed by atoms with van der Waals surface area (Å²) in [6.07, 6.45) is 0.0969. The number of carbonyl (C=O) groups excluding carboxylic acids is 1. The number of carbonyl (C=O) groups is 2. The van der Waals surface area contributed by atoms with Crippen LogP contribution < -0.4 is 9.47 Å². The van der Waals surface area contributed by atoms with Crippen LogP contribution in [0, 0.1) is 0 Å². The lowest BCUT2D eigenvalue weighted by Crippen LogP contribution is -2.50. The summed E-state index contributed by atoms with van der Waals surface area (Å²) in [5, 5.41) is 8.94. The summed E-state index contributed by atoms with van der Waals surface area (Å²) in [6, 6.07) is 4.97. The van der Waals surface area contributed by atoms with Crippen LogP contribution in [0.4, 0.5) is 0 Å². The van der Waals surface area contributed by atoms with Crippen molar-refractivity contribution in [2.45, 2.75) is 18.9 Å². The van der Waals surface area contributed by atoms with E-state index in [0.29, 0.717) is 24.7 Å². The number of amides is 1. The molecule has 22 heavy (non-hydrogen) atoms. The van der Waals surface area contributed by atoms with E-state index in [4.69, 9.17) is 19.3 Å². The van der Waals surface area contributed by atoms with Gasteiger partial charge in [0.05, 0.1) is 32.1 Å². The number of hydrogen-bond acceptors (Lipinski definition) is 5. The average molecular weight is 307 g/mol. The average Bonchev–Trinajstić information content (AvgIpc) is 2.94. The largest absolute Gasteiger partial charge is 0.481 e. The van der Waals surface area contributed by atoms with Crippen LogP contribution in [-0.2, 0) is 20.7 Å². The second kappa shape index (κ2) is 6.23. The summed E-state index contributed by atoms with van der Waals surface area (Å²) < 4.78 is 15.8. The Balaban J connectivity index is 1.68. The molecule has 0 spiro atoms. The fourth-order valence-electron chi connectivity index (χ4n) is 2.68. The van der Waals surface area contributed by atoms with E-state index in [2.05, 4.69) is 0 Å². The summed E-state index contributed by atoms with van der Waals surface area (Å²) in [5.41, 5.74) is 0.815. The van der Waals surface area contributed by atoms with Crippen LogP contribution in [0.2, 0.25) is 0 Å². The van der Waals surface area contributed by atoms with Crippen molar-refractivity contribution in [2.75, 3.05) is 26.6 Å². The normalized spacial score (nSPS) is 20.0. The van der Waals surface area contributed by atoms with Gasteiger partial charge in [-0.1, -0.05) is 6.07 Å². The van der Waals surface area contributed by atoms with E-state index in [1.54, 1.807) is 17.0 Å². The van der Waals surface area contributed by atoms with Gasteiger partial charge in [-0.3, -0.25) is 9.59 Å². The molecule has 2 heterocycles. The van der Waals surface area contributed by atoms with Crippen molar-refractivity contribution in [1.29, 1.82) is 0 Å². The predicted molar refractivity (Wildman–Crippen MR) is 74.8 cm³/mol. The Morgan fingerprint density at radius 1 is 1.27 bits per heavy atom. The second-order valence-corrected chi connectivity index (χ2v) is 5.28. The van der Waals surface area contributed by atoms with Crippen LogP contribution in [0.1, 0.15) is 12.0 Å². The van der Waals surface area contributed by atoms with E-state index in [-0.39, 0.29) is 32.1 Å². The molecule has 0 radical (unpaired) electrons. The molecule has 1 amide bonds. The molecular formula is C15H17NO6. The predicted octanol–water partition coefficient (Wildman–Crippen LogP) is 0.660. The Hall–Kier alpha value is -2.28. The Bertz CT molecular complexity index is 587. The maximum atomic E-state index is 12.5. The number of fused-ring (bicyclic) bond motifs is 1. The highest BCUT2D eigenvalue weighted by molar-refractivity contribution is 5.80. The highest BCUT2D eigenvalue weighted by Crippen LogP contribution is 2.32. The lowest BCUT2D eigenvalue weighted by Gasteiger charge is -2.35. The zero-order valence-electron chi connectivity index (χ0n) is 12.0. The van der Waals surface area contributed by atoms with Crippen molar-refractivity contribution in [2.24, 2.45) is 0 Å². The molecule has 2 aliphatic rings. The van der Waals surface area contributed by atoms with Crippen LogP contribution in [0.5, 0.6) is 11.5 Å². The lowest BCUT2D eigenvalue weighted by atomic mass is 10.1. The van der Waals surface area contributed by atoms with E-state index in [1.165, 1.54) is 0 Å². The van der Waals surface area contributed by atoms with Crippen LogP contribution in [0.3, 0.4) is 0 Å². The molecule has 1 fully saturated rings. The molecule has 0 unspecified atom stereocenters. The second-order valence-electron chi connectivity index (χ2n) is 5.28. The molecule has 1 aromatic rings. The van der Waals surface area contributed by atoms with Gasteiger partial charge in [0.25, 0.3) is 0 Å². The minimum Gasteiger partial charge on any atom is -0.481 e. The minimum absolute atomic E-state index is 0.103. The summed E-state index contributed by atoms with van der Waals surface area (Å²) in [6.45, 7) is 1.31. The third kappa shape index (κ3) is 3.14. The maximum absolute atomic E-state index is 12.5. The van der Waals surface area contributed by atoms with Crippen molar-refractivity contribution in [3.63, 3.8) is 0 Å². The number of benzene rings is 1. The zero-order valence-corrected chi connectivity index (χ0v) is 12.0. The van der Waals surface area contributed by atoms with Gasteiger partial charge in [0.1, 0.15) is 0 Å². The molecule has 0 aromatic heterocycles. The van der Waals surface area contributed by atoms with Crippen LogP contribution in [0.25, 0.3) is 0 Å². The molecule has 1 N–H and O–H groups in total. The number of hydrogen-bond donors (Lipinski definition) is 1. The molecule has 0 bridgehead atoms. The number of nitrogens with zero attached hydrogens (tertiary/aromatic N) is 1. The van der Waals surface area contributed by atoms with Crippen LogP contribution >= 0.6 is 0 Å². The quantitative estimate of drug-likeness (QED) is 0.879. The molecule has 118 valence electrons. The first kappa shape index (κ1) is 14.6. The van der Waals surface area contributed by atoms with E-state index >= 15 is 0 Å². The minimum atomic E-state index is -0.934. The maximum Gasteiger partial charge on any atom is 0.305 e. The van der Waals surface area contributed by atoms with Crippen LogP contribution in [-0.4, -0.2) is 54.5 Å². The molecule has 7 heteroatoms. The standard InChI is InChI=1S/C15H17NO6/c17-14(16-3-4-20-8-11(16)7-15(18)19)6-10-1-2-12-13(5-10)22-9-21-12/h1-2,5,11H,3-4,6-9H2,(H,18,19)/t11-/m0/s1. The Labute approximate surface area is 127 Å². The smallest absolute Gasteiger partial charge is 0.305 e. The lowest BCUT2D eigenvalue weighted by molar-refractivity contribution is -0.145. The van der Waals surface area contributed by atoms with Gasteiger partial charge < -0.3 is 24.2 Å². The van der Waals surface area contributed by atoms with E-state index < -0.39 is 12.0 Å². The van der Waals surface area contributed by atoms with Crippen molar-refractivity contribution in [1.82, 2.24) is 4.90 Å². The van der Waals surface area contributed by atoms with Crippen molar-refractivity contribution >= 4 is 11.9 Å². The topological polar surface area (TPSA) is 85.3 Å². The van der Waals surface area contributed by atoms with Gasteiger partial charge in [0.15, 0.2) is 11.5 Å². The van der Waals surface area contributed by atoms with Crippen molar-refractivity contribution < 1.29 is 28.9 Å². The molecule has 0 aliphatic carbocycles. The van der Waals surface area contributed by atoms with Gasteiger partial charge in [-0.05, 0) is 17.7 Å². The molecule has 1 saturated heterocycles. The van der Waals surface area contributed by atoms with Gasteiger partial charge >= 0.3 is 5.97 Å². The first-order chi connectivity index (χ1) is 10.6. The van der Waals surface area contributed by atoms with Crippen LogP contribution in [0.15, 0.2) is 18.2 Å². The summed E-state index contributed by atoms with van der Waals surface area (Å²) in [7, 11) is 0. The van der Waals surface area contributed by atoms with Crippen molar-refractivity contribution in [3.05, 3.63) is 23.8 Å². The van der Waals surface area contributed by atoms with Gasteiger partial charge in [0, 0.05) is 6.54 Å². The van der Waals surface area contributed by atoms with Gasteiger partial charge in [-0.25, -0.2) is 0 Å². The molecule has 7 nitrogen and oxygen atoms in total. The number of rotatable bonds is 4. The Kier molecular flexibility index (Phi) is 4.15. The van der Waals surface area contributed by atoms with E-state index in [0.717, 1.165) is 5.56 Å². The third-order valence-corrected chi connectivity index (χ3v) is 3.75.